The number of nitro groups is 1. The van der Waals surface area contributed by atoms with E-state index < -0.39 is 0 Å². The second kappa shape index (κ2) is 6.76. The molecule has 0 unspecified atom stereocenters. The van der Waals surface area contributed by atoms with E-state index in [0.717, 1.165) is 27.7 Å². The van der Waals surface area contributed by atoms with Crippen LogP contribution in [0.25, 0.3) is 11.1 Å². The summed E-state index contributed by atoms with van der Waals surface area (Å²) in [6, 6.07) is 12.7. The van der Waals surface area contributed by atoms with E-state index in [1.165, 1.54) is 25.7 Å². The molecule has 2 aromatic rings. The maximum Gasteiger partial charge on any atom is 0.277 e. The van der Waals surface area contributed by atoms with Crippen molar-refractivity contribution in [2.75, 3.05) is 5.75 Å². The maximum absolute atomic E-state index is 11.3. The Bertz CT molecular complexity index is 888. The van der Waals surface area contributed by atoms with E-state index in [0.29, 0.717) is 5.56 Å². The Morgan fingerprint density at radius 1 is 1.19 bits per heavy atom. The number of aliphatic imine (C=N–C) groups is 1. The number of aryl methyl sites for hydroxylation is 1. The Hall–Kier alpha value is -2.34. The molecule has 1 aliphatic heterocycles. The molecule has 2 fully saturated rings. The summed E-state index contributed by atoms with van der Waals surface area (Å²) in [5.74, 6) is 1.10. The minimum Gasteiger partial charge on any atom is -0.358 e. The Morgan fingerprint density at radius 2 is 1.96 bits per heavy atom. The molecular weight excluding hydrogens is 346 g/mol. The van der Waals surface area contributed by atoms with Crippen molar-refractivity contribution in [2.24, 2.45) is 4.99 Å². The minimum absolute atomic E-state index is 0.127. The zero-order valence-electron chi connectivity index (χ0n) is 14.7. The molecular formula is C20H21N3O2S. The normalized spacial score (nSPS) is 19.8. The molecule has 0 atom stereocenters. The number of amidine groups is 1. The fourth-order valence-corrected chi connectivity index (χ4v) is 5.05. The van der Waals surface area contributed by atoms with Crippen LogP contribution in [0.2, 0.25) is 0 Å². The lowest BCUT2D eigenvalue weighted by Gasteiger charge is -2.21. The second-order valence-corrected chi connectivity index (χ2v) is 8.06. The van der Waals surface area contributed by atoms with Crippen molar-refractivity contribution in [1.29, 1.82) is 0 Å². The molecule has 0 amide bonds. The van der Waals surface area contributed by atoms with Crippen molar-refractivity contribution in [1.82, 2.24) is 5.32 Å². The first-order valence-corrected chi connectivity index (χ1v) is 9.89. The number of benzene rings is 2. The molecule has 1 spiro atoms. The molecule has 1 saturated carbocycles. The summed E-state index contributed by atoms with van der Waals surface area (Å²) in [7, 11) is 0. The Morgan fingerprint density at radius 3 is 2.69 bits per heavy atom. The largest absolute Gasteiger partial charge is 0.358 e. The molecule has 1 aliphatic carbocycles. The highest BCUT2D eigenvalue weighted by Gasteiger charge is 2.39. The minimum atomic E-state index is -0.334. The third-order valence-electron chi connectivity index (χ3n) is 5.25. The highest BCUT2D eigenvalue weighted by atomic mass is 32.2. The number of nitro benzene ring substituents is 1. The third-order valence-corrected chi connectivity index (χ3v) is 6.41. The summed E-state index contributed by atoms with van der Waals surface area (Å²) < 4.78 is 0. The van der Waals surface area contributed by atoms with E-state index >= 15 is 0 Å². The van der Waals surface area contributed by atoms with Gasteiger partial charge in [0.05, 0.1) is 16.2 Å². The van der Waals surface area contributed by atoms with Gasteiger partial charge in [-0.1, -0.05) is 42.8 Å². The van der Waals surface area contributed by atoms with Gasteiger partial charge in [-0.05, 0) is 49.1 Å². The molecule has 1 heterocycles. The molecule has 1 N–H and O–H groups in total. The average Bonchev–Trinajstić information content (AvgIpc) is 3.26. The van der Waals surface area contributed by atoms with E-state index in [2.05, 4.69) is 5.32 Å². The smallest absolute Gasteiger partial charge is 0.277 e. The molecule has 0 bridgehead atoms. The van der Waals surface area contributed by atoms with Gasteiger partial charge in [0.1, 0.15) is 0 Å². The fraction of sp³-hybridized carbons (Fsp3) is 0.350. The first-order chi connectivity index (χ1) is 12.6. The highest BCUT2D eigenvalue weighted by molar-refractivity contribution is 8.14. The van der Waals surface area contributed by atoms with E-state index in [1.54, 1.807) is 30.0 Å². The zero-order chi connectivity index (χ0) is 18.1. The second-order valence-electron chi connectivity index (χ2n) is 7.09. The summed E-state index contributed by atoms with van der Waals surface area (Å²) in [4.78, 5) is 15.7. The lowest BCUT2D eigenvalue weighted by Crippen LogP contribution is -2.40. The molecule has 4 rings (SSSR count). The topological polar surface area (TPSA) is 67.5 Å². The van der Waals surface area contributed by atoms with Crippen molar-refractivity contribution in [2.45, 2.75) is 38.1 Å². The summed E-state index contributed by atoms with van der Waals surface area (Å²) >= 11 is 1.80. The maximum atomic E-state index is 11.3. The molecule has 26 heavy (non-hydrogen) atoms. The number of nitrogens with zero attached hydrogens (tertiary/aromatic N) is 2. The third kappa shape index (κ3) is 3.21. The van der Waals surface area contributed by atoms with Gasteiger partial charge in [0.2, 0.25) is 0 Å². The predicted molar refractivity (Wildman–Crippen MR) is 107 cm³/mol. The number of hydrogen-bond donors (Lipinski definition) is 1. The standard InChI is InChI=1S/C20H21N3O2S/c1-14-12-15(16-6-2-3-7-18(16)23(24)25)8-9-17(14)21-19-22-20(13-26-19)10-4-5-11-20/h2-3,6-9,12H,4-5,10-11,13H2,1H3,(H,21,22). The molecule has 5 nitrogen and oxygen atoms in total. The van der Waals surface area contributed by atoms with Crippen LogP contribution in [0.1, 0.15) is 31.2 Å². The van der Waals surface area contributed by atoms with Crippen molar-refractivity contribution in [3.05, 3.63) is 58.1 Å². The van der Waals surface area contributed by atoms with Gasteiger partial charge in [-0.3, -0.25) is 10.1 Å². The Labute approximate surface area is 157 Å². The highest BCUT2D eigenvalue weighted by Crippen LogP contribution is 2.39. The molecule has 134 valence electrons. The zero-order valence-corrected chi connectivity index (χ0v) is 15.5. The number of thioether (sulfide) groups is 1. The van der Waals surface area contributed by atoms with Crippen molar-refractivity contribution in [3.63, 3.8) is 0 Å². The van der Waals surface area contributed by atoms with Crippen LogP contribution >= 0.6 is 11.8 Å². The van der Waals surface area contributed by atoms with Crippen LogP contribution in [0.15, 0.2) is 47.5 Å². The number of para-hydroxylation sites is 1. The fourth-order valence-electron chi connectivity index (χ4n) is 3.82. The van der Waals surface area contributed by atoms with Gasteiger partial charge >= 0.3 is 0 Å². The van der Waals surface area contributed by atoms with E-state index in [4.69, 9.17) is 4.99 Å². The van der Waals surface area contributed by atoms with Crippen molar-refractivity contribution in [3.8, 4) is 11.1 Å². The molecule has 2 aliphatic rings. The number of hydrogen-bond acceptors (Lipinski definition) is 4. The monoisotopic (exact) mass is 367 g/mol. The van der Waals surface area contributed by atoms with Crippen LogP contribution in [0, 0.1) is 17.0 Å². The lowest BCUT2D eigenvalue weighted by molar-refractivity contribution is -0.384. The molecule has 0 radical (unpaired) electrons. The van der Waals surface area contributed by atoms with Gasteiger partial charge in [0, 0.05) is 17.4 Å². The average molecular weight is 367 g/mol. The summed E-state index contributed by atoms with van der Waals surface area (Å²) in [5.41, 5.74) is 3.79. The van der Waals surface area contributed by atoms with Gasteiger partial charge in [-0.15, -0.1) is 0 Å². The molecule has 1 saturated heterocycles. The van der Waals surface area contributed by atoms with Gasteiger partial charge < -0.3 is 5.32 Å². The first kappa shape index (κ1) is 17.1. The molecule has 6 heteroatoms. The molecule has 2 aromatic carbocycles. The summed E-state index contributed by atoms with van der Waals surface area (Å²) in [5, 5.41) is 15.9. The Kier molecular flexibility index (Phi) is 4.44. The number of rotatable bonds is 3. The van der Waals surface area contributed by atoms with E-state index in [1.807, 2.05) is 31.2 Å². The summed E-state index contributed by atoms with van der Waals surface area (Å²) in [6.07, 6.45) is 5.05. The van der Waals surface area contributed by atoms with Crippen LogP contribution < -0.4 is 5.32 Å². The van der Waals surface area contributed by atoms with Crippen molar-refractivity contribution >= 4 is 28.3 Å². The first-order valence-electron chi connectivity index (χ1n) is 8.90. The Balaban J connectivity index is 1.61. The number of nitrogens with one attached hydrogen (secondary N) is 1. The summed E-state index contributed by atoms with van der Waals surface area (Å²) in [6.45, 7) is 2.00. The van der Waals surface area contributed by atoms with Crippen LogP contribution in [0.3, 0.4) is 0 Å². The van der Waals surface area contributed by atoms with Crippen LogP contribution in [0.4, 0.5) is 11.4 Å². The SMILES string of the molecule is Cc1cc(-c2ccccc2[N+](=O)[O-])ccc1/N=C1\NC2(CCCC2)CS1. The van der Waals surface area contributed by atoms with E-state index in [-0.39, 0.29) is 16.1 Å². The molecule has 0 aromatic heterocycles. The van der Waals surface area contributed by atoms with Crippen LogP contribution in [-0.2, 0) is 0 Å². The lowest BCUT2D eigenvalue weighted by atomic mass is 10.0. The van der Waals surface area contributed by atoms with Crippen LogP contribution in [-0.4, -0.2) is 21.4 Å². The van der Waals surface area contributed by atoms with Gasteiger partial charge in [0.25, 0.3) is 5.69 Å². The van der Waals surface area contributed by atoms with Gasteiger partial charge in [-0.25, -0.2) is 4.99 Å². The van der Waals surface area contributed by atoms with Crippen LogP contribution in [0.5, 0.6) is 0 Å². The van der Waals surface area contributed by atoms with Crippen molar-refractivity contribution < 1.29 is 4.92 Å². The van der Waals surface area contributed by atoms with Gasteiger partial charge in [0.15, 0.2) is 5.17 Å². The van der Waals surface area contributed by atoms with Gasteiger partial charge in [-0.2, -0.15) is 0 Å². The van der Waals surface area contributed by atoms with E-state index in [9.17, 15) is 10.1 Å². The predicted octanol–water partition coefficient (Wildman–Crippen LogP) is 5.21. The quantitative estimate of drug-likeness (QED) is 0.597.